The van der Waals surface area contributed by atoms with Crippen LogP contribution < -0.4 is 14.8 Å². The highest BCUT2D eigenvalue weighted by molar-refractivity contribution is 8.00. The number of anilines is 1. The van der Waals surface area contributed by atoms with Crippen molar-refractivity contribution in [3.63, 3.8) is 0 Å². The van der Waals surface area contributed by atoms with Crippen molar-refractivity contribution in [1.82, 2.24) is 14.8 Å². The molecule has 4 rings (SSSR count). The maximum atomic E-state index is 12.7. The van der Waals surface area contributed by atoms with Crippen molar-refractivity contribution >= 4 is 23.4 Å². The van der Waals surface area contributed by atoms with E-state index in [0.717, 1.165) is 28.7 Å². The fraction of sp³-hybridized carbons (Fsp3) is 0.286. The van der Waals surface area contributed by atoms with Gasteiger partial charge in [0.15, 0.2) is 22.5 Å². The van der Waals surface area contributed by atoms with Gasteiger partial charge in [-0.1, -0.05) is 36.0 Å². The zero-order valence-electron chi connectivity index (χ0n) is 16.5. The number of nitrogens with zero attached hydrogens (tertiary/aromatic N) is 3. The van der Waals surface area contributed by atoms with Gasteiger partial charge in [0, 0.05) is 23.9 Å². The molecule has 2 aromatic carbocycles. The molecule has 0 bridgehead atoms. The normalized spacial score (nSPS) is 13.3. The zero-order valence-corrected chi connectivity index (χ0v) is 17.3. The van der Waals surface area contributed by atoms with E-state index in [0.29, 0.717) is 17.2 Å². The van der Waals surface area contributed by atoms with Gasteiger partial charge in [-0.3, -0.25) is 4.79 Å². The van der Waals surface area contributed by atoms with Crippen molar-refractivity contribution in [3.8, 4) is 22.9 Å². The summed E-state index contributed by atoms with van der Waals surface area (Å²) >= 11 is 1.39. The number of rotatable bonds is 6. The summed E-state index contributed by atoms with van der Waals surface area (Å²) in [6.45, 7) is 6.88. The molecule has 0 aliphatic carbocycles. The van der Waals surface area contributed by atoms with Gasteiger partial charge in [0.25, 0.3) is 0 Å². The molecule has 2 heterocycles. The molecule has 3 aromatic rings. The Morgan fingerprint density at radius 2 is 2.00 bits per heavy atom. The molecule has 1 aromatic heterocycles. The smallest absolute Gasteiger partial charge is 0.237 e. The lowest BCUT2D eigenvalue weighted by atomic mass is 10.1. The van der Waals surface area contributed by atoms with Crippen LogP contribution in [-0.2, 0) is 11.3 Å². The highest BCUT2D eigenvalue weighted by atomic mass is 32.2. The Balaban J connectivity index is 1.49. The molecule has 1 N–H and O–H groups in total. The van der Waals surface area contributed by atoms with E-state index in [9.17, 15) is 4.79 Å². The Morgan fingerprint density at radius 3 is 2.79 bits per heavy atom. The quantitative estimate of drug-likeness (QED) is 0.616. The van der Waals surface area contributed by atoms with Crippen molar-refractivity contribution in [1.29, 1.82) is 0 Å². The Hall–Kier alpha value is -3.00. The van der Waals surface area contributed by atoms with Gasteiger partial charge in [-0.2, -0.15) is 0 Å². The van der Waals surface area contributed by atoms with E-state index in [1.165, 1.54) is 11.8 Å². The number of thioether (sulfide) groups is 1. The minimum absolute atomic E-state index is 0.114. The summed E-state index contributed by atoms with van der Waals surface area (Å²) in [6, 6.07) is 13.4. The monoisotopic (exact) mass is 410 g/mol. The number of nitrogens with one attached hydrogen (secondary N) is 1. The summed E-state index contributed by atoms with van der Waals surface area (Å²) < 4.78 is 12.7. The maximum absolute atomic E-state index is 12.7. The number of benzene rings is 2. The topological polar surface area (TPSA) is 78.3 Å². The van der Waals surface area contributed by atoms with Gasteiger partial charge in [0.05, 0.1) is 5.25 Å². The van der Waals surface area contributed by atoms with Gasteiger partial charge >= 0.3 is 0 Å². The number of amides is 1. The minimum Gasteiger partial charge on any atom is -0.454 e. The summed E-state index contributed by atoms with van der Waals surface area (Å²) in [5.74, 6) is 2.02. The number of carbonyl (C=O) groups is 1. The van der Waals surface area contributed by atoms with Crippen LogP contribution in [0.1, 0.15) is 19.4 Å². The fourth-order valence-electron chi connectivity index (χ4n) is 3.11. The highest BCUT2D eigenvalue weighted by Crippen LogP contribution is 2.34. The average molecular weight is 410 g/mol. The lowest BCUT2D eigenvalue weighted by Crippen LogP contribution is -2.23. The SMILES string of the molecule is CCn1c(S[C@H](C)C(=O)Nc2ccc3c(c2)OCO3)nnc1-c1ccccc1C. The maximum Gasteiger partial charge on any atom is 0.237 e. The second kappa shape index (κ2) is 8.16. The van der Waals surface area contributed by atoms with Gasteiger partial charge in [0.1, 0.15) is 0 Å². The lowest BCUT2D eigenvalue weighted by Gasteiger charge is -2.13. The molecule has 7 nitrogen and oxygen atoms in total. The molecule has 1 amide bonds. The van der Waals surface area contributed by atoms with Crippen molar-refractivity contribution < 1.29 is 14.3 Å². The first kappa shape index (κ1) is 19.3. The first-order valence-corrected chi connectivity index (χ1v) is 10.3. The molecule has 29 heavy (non-hydrogen) atoms. The molecule has 1 aliphatic heterocycles. The third-order valence-corrected chi connectivity index (χ3v) is 5.79. The molecule has 0 saturated heterocycles. The molecule has 0 unspecified atom stereocenters. The van der Waals surface area contributed by atoms with Crippen molar-refractivity contribution in [2.45, 2.75) is 37.7 Å². The molecule has 0 saturated carbocycles. The van der Waals surface area contributed by atoms with Gasteiger partial charge in [-0.15, -0.1) is 10.2 Å². The highest BCUT2D eigenvalue weighted by Gasteiger charge is 2.22. The Morgan fingerprint density at radius 1 is 1.21 bits per heavy atom. The molecule has 0 fully saturated rings. The molecular formula is C21H22N4O3S. The van der Waals surface area contributed by atoms with E-state index in [1.807, 2.05) is 36.6 Å². The van der Waals surface area contributed by atoms with Gasteiger partial charge < -0.3 is 19.4 Å². The van der Waals surface area contributed by atoms with E-state index < -0.39 is 0 Å². The third-order valence-electron chi connectivity index (χ3n) is 4.71. The second-order valence-electron chi connectivity index (χ2n) is 6.68. The van der Waals surface area contributed by atoms with Crippen LogP contribution >= 0.6 is 11.8 Å². The van der Waals surface area contributed by atoms with Crippen LogP contribution in [0.2, 0.25) is 0 Å². The van der Waals surface area contributed by atoms with Gasteiger partial charge in [0.2, 0.25) is 12.7 Å². The number of carbonyl (C=O) groups excluding carboxylic acids is 1. The van der Waals surface area contributed by atoms with Crippen LogP contribution in [0.15, 0.2) is 47.6 Å². The lowest BCUT2D eigenvalue weighted by molar-refractivity contribution is -0.115. The average Bonchev–Trinajstić information content (AvgIpc) is 3.34. The predicted molar refractivity (Wildman–Crippen MR) is 112 cm³/mol. The summed E-state index contributed by atoms with van der Waals surface area (Å²) in [5, 5.41) is 12.0. The summed E-state index contributed by atoms with van der Waals surface area (Å²) in [6.07, 6.45) is 0. The molecule has 150 valence electrons. The van der Waals surface area contributed by atoms with Crippen molar-refractivity contribution in [2.24, 2.45) is 0 Å². The second-order valence-corrected chi connectivity index (χ2v) is 7.99. The molecular weight excluding hydrogens is 388 g/mol. The summed E-state index contributed by atoms with van der Waals surface area (Å²) in [4.78, 5) is 12.7. The van der Waals surface area contributed by atoms with Crippen molar-refractivity contribution in [3.05, 3.63) is 48.0 Å². The predicted octanol–water partition coefficient (Wildman–Crippen LogP) is 4.12. The Kier molecular flexibility index (Phi) is 5.44. The number of fused-ring (bicyclic) bond motifs is 1. The third kappa shape index (κ3) is 3.93. The van der Waals surface area contributed by atoms with Crippen LogP contribution in [-0.4, -0.2) is 32.7 Å². The number of aryl methyl sites for hydroxylation is 1. The van der Waals surface area contributed by atoms with Crippen LogP contribution in [0, 0.1) is 6.92 Å². The molecule has 0 spiro atoms. The number of aromatic nitrogens is 3. The van der Waals surface area contributed by atoms with E-state index in [2.05, 4.69) is 28.5 Å². The van der Waals surface area contributed by atoms with E-state index in [4.69, 9.17) is 9.47 Å². The molecule has 1 atom stereocenters. The number of hydrogen-bond donors (Lipinski definition) is 1. The van der Waals surface area contributed by atoms with Crippen LogP contribution in [0.25, 0.3) is 11.4 Å². The van der Waals surface area contributed by atoms with Gasteiger partial charge in [-0.05, 0) is 38.5 Å². The van der Waals surface area contributed by atoms with E-state index >= 15 is 0 Å². The zero-order chi connectivity index (χ0) is 20.4. The van der Waals surface area contributed by atoms with Gasteiger partial charge in [-0.25, -0.2) is 0 Å². The Labute approximate surface area is 173 Å². The first-order chi connectivity index (χ1) is 14.1. The van der Waals surface area contributed by atoms with E-state index in [-0.39, 0.29) is 18.0 Å². The van der Waals surface area contributed by atoms with Crippen molar-refractivity contribution in [2.75, 3.05) is 12.1 Å². The summed E-state index contributed by atoms with van der Waals surface area (Å²) in [5.41, 5.74) is 2.86. The molecule has 8 heteroatoms. The first-order valence-electron chi connectivity index (χ1n) is 9.43. The number of hydrogen-bond acceptors (Lipinski definition) is 6. The fourth-order valence-corrected chi connectivity index (χ4v) is 4.03. The molecule has 1 aliphatic rings. The standard InChI is InChI=1S/C21H22N4O3S/c1-4-25-19(16-8-6-5-7-13(16)2)23-24-21(25)29-14(3)20(26)22-15-9-10-17-18(11-15)28-12-27-17/h5-11,14H,4,12H2,1-3H3,(H,22,26)/t14-/m1/s1. The largest absolute Gasteiger partial charge is 0.454 e. The number of ether oxygens (including phenoxy) is 2. The van der Waals surface area contributed by atoms with Crippen LogP contribution in [0.3, 0.4) is 0 Å². The summed E-state index contributed by atoms with van der Waals surface area (Å²) in [7, 11) is 0. The minimum atomic E-state index is -0.348. The van der Waals surface area contributed by atoms with Crippen LogP contribution in [0.4, 0.5) is 5.69 Å². The van der Waals surface area contributed by atoms with E-state index in [1.54, 1.807) is 18.2 Å². The van der Waals surface area contributed by atoms with Crippen LogP contribution in [0.5, 0.6) is 11.5 Å². The Bertz CT molecular complexity index is 1050. The molecule has 0 radical (unpaired) electrons.